The molecule has 0 saturated carbocycles. The summed E-state index contributed by atoms with van der Waals surface area (Å²) in [5, 5.41) is 3.98. The van der Waals surface area contributed by atoms with E-state index in [0.29, 0.717) is 19.5 Å². The van der Waals surface area contributed by atoms with Gasteiger partial charge in [0, 0.05) is 18.8 Å². The van der Waals surface area contributed by atoms with Gasteiger partial charge in [0.05, 0.1) is 17.0 Å². The number of aryl methyl sites for hydroxylation is 2. The number of pyridine rings is 1. The Morgan fingerprint density at radius 1 is 1.17 bits per heavy atom. The number of rotatable bonds is 4. The number of carbonyl (C=O) groups is 1. The lowest BCUT2D eigenvalue weighted by Crippen LogP contribution is -2.30. The Hall–Kier alpha value is -3.09. The van der Waals surface area contributed by atoms with Gasteiger partial charge in [0.25, 0.3) is 5.91 Å². The standard InChI is InChI=1S/C22H21F2N3O2/c1-13-20(14(2)29-26-13)19-8-3-5-16(25-19)11-15-9-10-27(12-15)22(28)21-17(23)6-4-7-18(21)24/h3-8,15H,9-12H2,1-2H3. The van der Waals surface area contributed by atoms with Gasteiger partial charge in [0.2, 0.25) is 0 Å². The molecule has 0 aliphatic carbocycles. The van der Waals surface area contributed by atoms with Crippen molar-refractivity contribution in [3.8, 4) is 11.3 Å². The van der Waals surface area contributed by atoms with Crippen molar-refractivity contribution in [2.45, 2.75) is 26.7 Å². The Bertz CT molecular complexity index is 1020. The van der Waals surface area contributed by atoms with Gasteiger partial charge in [-0.25, -0.2) is 8.78 Å². The van der Waals surface area contributed by atoms with Gasteiger partial charge in [-0.05, 0) is 56.9 Å². The van der Waals surface area contributed by atoms with Crippen LogP contribution in [0.25, 0.3) is 11.3 Å². The summed E-state index contributed by atoms with van der Waals surface area (Å²) in [6.07, 6.45) is 1.44. The molecule has 1 aromatic carbocycles. The Morgan fingerprint density at radius 2 is 1.90 bits per heavy atom. The van der Waals surface area contributed by atoms with Crippen LogP contribution in [0.2, 0.25) is 0 Å². The maximum atomic E-state index is 13.9. The van der Waals surface area contributed by atoms with Gasteiger partial charge in [-0.1, -0.05) is 17.3 Å². The zero-order chi connectivity index (χ0) is 20.5. The quantitative estimate of drug-likeness (QED) is 0.657. The van der Waals surface area contributed by atoms with Crippen molar-refractivity contribution in [2.75, 3.05) is 13.1 Å². The first-order valence-corrected chi connectivity index (χ1v) is 9.56. The smallest absolute Gasteiger partial charge is 0.259 e. The molecular formula is C22H21F2N3O2. The molecule has 1 fully saturated rings. The molecule has 0 N–H and O–H groups in total. The Balaban J connectivity index is 1.47. The molecule has 5 nitrogen and oxygen atoms in total. The number of amides is 1. The van der Waals surface area contributed by atoms with Crippen molar-refractivity contribution in [2.24, 2.45) is 5.92 Å². The highest BCUT2D eigenvalue weighted by Gasteiger charge is 2.30. The Kier molecular flexibility index (Phi) is 5.13. The average molecular weight is 397 g/mol. The summed E-state index contributed by atoms with van der Waals surface area (Å²) in [4.78, 5) is 18.8. The largest absolute Gasteiger partial charge is 0.361 e. The number of carbonyl (C=O) groups excluding carboxylic acids is 1. The van der Waals surface area contributed by atoms with Gasteiger partial charge in [-0.3, -0.25) is 9.78 Å². The van der Waals surface area contributed by atoms with E-state index in [1.54, 1.807) is 0 Å². The molecule has 1 saturated heterocycles. The van der Waals surface area contributed by atoms with Crippen LogP contribution < -0.4 is 0 Å². The molecule has 0 spiro atoms. The fourth-order valence-electron chi connectivity index (χ4n) is 3.92. The van der Waals surface area contributed by atoms with E-state index in [2.05, 4.69) is 5.16 Å². The molecule has 4 rings (SSSR count). The molecule has 0 radical (unpaired) electrons. The summed E-state index contributed by atoms with van der Waals surface area (Å²) in [5.74, 6) is -1.35. The highest BCUT2D eigenvalue weighted by atomic mass is 19.1. The molecule has 1 aliphatic heterocycles. The topological polar surface area (TPSA) is 59.2 Å². The number of benzene rings is 1. The minimum absolute atomic E-state index is 0.182. The first-order valence-electron chi connectivity index (χ1n) is 9.56. The van der Waals surface area contributed by atoms with E-state index in [0.717, 1.165) is 47.0 Å². The fraction of sp³-hybridized carbons (Fsp3) is 0.318. The summed E-state index contributed by atoms with van der Waals surface area (Å²) < 4.78 is 33.1. The second-order valence-electron chi connectivity index (χ2n) is 7.42. The number of likely N-dealkylation sites (tertiary alicyclic amines) is 1. The molecule has 1 aliphatic rings. The Morgan fingerprint density at radius 3 is 2.59 bits per heavy atom. The molecular weight excluding hydrogens is 376 g/mol. The van der Waals surface area contributed by atoms with Crippen LogP contribution in [0.5, 0.6) is 0 Å². The van der Waals surface area contributed by atoms with Gasteiger partial charge in [0.1, 0.15) is 23.0 Å². The number of hydrogen-bond acceptors (Lipinski definition) is 4. The predicted octanol–water partition coefficient (Wildman–Crippen LogP) is 4.34. The summed E-state index contributed by atoms with van der Waals surface area (Å²) in [7, 11) is 0. The minimum Gasteiger partial charge on any atom is -0.361 e. The highest BCUT2D eigenvalue weighted by molar-refractivity contribution is 5.95. The molecule has 7 heteroatoms. The normalized spacial score (nSPS) is 16.4. The van der Waals surface area contributed by atoms with Crippen molar-refractivity contribution in [3.05, 3.63) is 70.7 Å². The monoisotopic (exact) mass is 397 g/mol. The first-order chi connectivity index (χ1) is 13.9. The van der Waals surface area contributed by atoms with Crippen molar-refractivity contribution in [1.29, 1.82) is 0 Å². The van der Waals surface area contributed by atoms with Crippen molar-refractivity contribution in [1.82, 2.24) is 15.0 Å². The maximum Gasteiger partial charge on any atom is 0.259 e. The SMILES string of the molecule is Cc1noc(C)c1-c1cccc(CC2CCN(C(=O)c3c(F)cccc3F)C2)n1. The van der Waals surface area contributed by atoms with Crippen LogP contribution >= 0.6 is 0 Å². The third kappa shape index (κ3) is 3.77. The van der Waals surface area contributed by atoms with Gasteiger partial charge in [0.15, 0.2) is 0 Å². The van der Waals surface area contributed by atoms with Crippen LogP contribution in [0, 0.1) is 31.4 Å². The van der Waals surface area contributed by atoms with E-state index in [-0.39, 0.29) is 5.92 Å². The first kappa shape index (κ1) is 19.2. The van der Waals surface area contributed by atoms with Gasteiger partial charge in [-0.2, -0.15) is 0 Å². The van der Waals surface area contributed by atoms with E-state index >= 15 is 0 Å². The number of hydrogen-bond donors (Lipinski definition) is 0. The van der Waals surface area contributed by atoms with E-state index in [1.807, 2.05) is 32.0 Å². The number of halogens is 2. The number of aromatic nitrogens is 2. The van der Waals surface area contributed by atoms with Gasteiger partial charge >= 0.3 is 0 Å². The molecule has 0 bridgehead atoms. The maximum absolute atomic E-state index is 13.9. The molecule has 1 amide bonds. The van der Waals surface area contributed by atoms with Crippen LogP contribution in [0.15, 0.2) is 40.9 Å². The lowest BCUT2D eigenvalue weighted by molar-refractivity contribution is 0.0777. The zero-order valence-corrected chi connectivity index (χ0v) is 16.3. The summed E-state index contributed by atoms with van der Waals surface area (Å²) in [6.45, 7) is 4.65. The van der Waals surface area contributed by atoms with E-state index < -0.39 is 23.1 Å². The lowest BCUT2D eigenvalue weighted by Gasteiger charge is -2.17. The predicted molar refractivity (Wildman–Crippen MR) is 103 cm³/mol. The average Bonchev–Trinajstić information content (AvgIpc) is 3.28. The van der Waals surface area contributed by atoms with Crippen molar-refractivity contribution in [3.63, 3.8) is 0 Å². The fourth-order valence-corrected chi connectivity index (χ4v) is 3.92. The van der Waals surface area contributed by atoms with E-state index in [1.165, 1.54) is 11.0 Å². The van der Waals surface area contributed by atoms with Crippen LogP contribution in [-0.4, -0.2) is 34.0 Å². The summed E-state index contributed by atoms with van der Waals surface area (Å²) in [6, 6.07) is 9.27. The third-order valence-electron chi connectivity index (χ3n) is 5.34. The van der Waals surface area contributed by atoms with Crippen molar-refractivity contribution < 1.29 is 18.1 Å². The lowest BCUT2D eigenvalue weighted by atomic mass is 10.0. The second kappa shape index (κ2) is 7.73. The molecule has 3 heterocycles. The van der Waals surface area contributed by atoms with Crippen LogP contribution in [-0.2, 0) is 6.42 Å². The van der Waals surface area contributed by atoms with E-state index in [4.69, 9.17) is 9.51 Å². The second-order valence-corrected chi connectivity index (χ2v) is 7.42. The molecule has 150 valence electrons. The van der Waals surface area contributed by atoms with Crippen LogP contribution in [0.1, 0.15) is 33.9 Å². The van der Waals surface area contributed by atoms with Gasteiger partial charge in [-0.15, -0.1) is 0 Å². The minimum atomic E-state index is -0.827. The summed E-state index contributed by atoms with van der Waals surface area (Å²) >= 11 is 0. The molecule has 2 aromatic heterocycles. The highest BCUT2D eigenvalue weighted by Crippen LogP contribution is 2.27. The van der Waals surface area contributed by atoms with Crippen LogP contribution in [0.4, 0.5) is 8.78 Å². The molecule has 29 heavy (non-hydrogen) atoms. The van der Waals surface area contributed by atoms with Crippen LogP contribution in [0.3, 0.4) is 0 Å². The van der Waals surface area contributed by atoms with Crippen molar-refractivity contribution >= 4 is 5.91 Å². The molecule has 1 unspecified atom stereocenters. The third-order valence-corrected chi connectivity index (χ3v) is 5.34. The van der Waals surface area contributed by atoms with Gasteiger partial charge < -0.3 is 9.42 Å². The molecule has 3 aromatic rings. The van der Waals surface area contributed by atoms with E-state index in [9.17, 15) is 13.6 Å². The Labute approximate surface area is 167 Å². The summed E-state index contributed by atoms with van der Waals surface area (Å²) in [5.41, 5.74) is 2.91. The molecule has 1 atom stereocenters. The number of nitrogens with zero attached hydrogens (tertiary/aromatic N) is 3. The zero-order valence-electron chi connectivity index (χ0n) is 16.3.